The third kappa shape index (κ3) is 20.4. The van der Waals surface area contributed by atoms with Crippen LogP contribution in [0.3, 0.4) is 0 Å². The number of rotatable bonds is 35. The van der Waals surface area contributed by atoms with Crippen molar-refractivity contribution < 1.29 is 89.4 Å². The molecule has 0 aromatic heterocycles. The third-order valence-electron chi connectivity index (χ3n) is 13.0. The van der Waals surface area contributed by atoms with Gasteiger partial charge in [-0.2, -0.15) is 0 Å². The molecule has 3 saturated heterocycles. The fourth-order valence-electron chi connectivity index (χ4n) is 8.67. The molecule has 0 spiro atoms. The molecule has 12 N–H and O–H groups in total. The Bertz CT molecular complexity index is 1360. The van der Waals surface area contributed by atoms with E-state index < -0.39 is 124 Å². The Kier molecular flexibility index (Phi) is 30.8. The molecule has 1 amide bonds. The van der Waals surface area contributed by atoms with Crippen molar-refractivity contribution in [2.45, 2.75) is 253 Å². The van der Waals surface area contributed by atoms with E-state index in [0.29, 0.717) is 12.8 Å². The number of nitrogens with one attached hydrogen (secondary N) is 1. The number of ether oxygens (including phenoxy) is 6. The second-order valence-corrected chi connectivity index (χ2v) is 18.6. The minimum absolute atomic E-state index is 0.237. The lowest BCUT2D eigenvalue weighted by molar-refractivity contribution is -0.379. The number of carbonyl (C=O) groups excluding carboxylic acids is 1. The van der Waals surface area contributed by atoms with Gasteiger partial charge in [-0.15, -0.1) is 0 Å². The van der Waals surface area contributed by atoms with E-state index in [1.54, 1.807) is 6.08 Å². The van der Waals surface area contributed by atoms with Gasteiger partial charge in [0.1, 0.15) is 73.2 Å². The zero-order valence-electron chi connectivity index (χ0n) is 40.6. The summed E-state index contributed by atoms with van der Waals surface area (Å²) >= 11 is 0. The summed E-state index contributed by atoms with van der Waals surface area (Å²) < 4.78 is 34.0. The van der Waals surface area contributed by atoms with Crippen LogP contribution in [0.2, 0.25) is 0 Å². The Morgan fingerprint density at radius 3 is 1.47 bits per heavy atom. The van der Waals surface area contributed by atoms with Gasteiger partial charge < -0.3 is 89.9 Å². The summed E-state index contributed by atoms with van der Waals surface area (Å²) in [4.78, 5) is 13.2. The Morgan fingerprint density at radius 1 is 0.515 bits per heavy atom. The first-order chi connectivity index (χ1) is 32.8. The number of hydrogen-bond acceptors (Lipinski definition) is 18. The maximum absolute atomic E-state index is 13.2. The molecule has 0 aliphatic carbocycles. The molecule has 3 aliphatic heterocycles. The van der Waals surface area contributed by atoms with Crippen LogP contribution < -0.4 is 5.32 Å². The average Bonchev–Trinajstić information content (AvgIpc) is 3.33. The van der Waals surface area contributed by atoms with Gasteiger partial charge in [0.2, 0.25) is 5.91 Å². The van der Waals surface area contributed by atoms with Crippen molar-refractivity contribution in [1.29, 1.82) is 0 Å². The molecule has 19 nitrogen and oxygen atoms in total. The maximum atomic E-state index is 13.2. The number of hydrogen-bond donors (Lipinski definition) is 12. The van der Waals surface area contributed by atoms with Crippen LogP contribution in [0.25, 0.3) is 0 Å². The van der Waals surface area contributed by atoms with Gasteiger partial charge in [-0.25, -0.2) is 0 Å². The molecule has 17 unspecified atom stereocenters. The van der Waals surface area contributed by atoms with E-state index in [1.165, 1.54) is 77.0 Å². The van der Waals surface area contributed by atoms with E-state index >= 15 is 0 Å². The van der Waals surface area contributed by atoms with Gasteiger partial charge in [-0.1, -0.05) is 134 Å². The minimum atomic E-state index is -1.98. The zero-order chi connectivity index (χ0) is 49.8. The van der Waals surface area contributed by atoms with E-state index in [1.807, 2.05) is 6.08 Å². The van der Waals surface area contributed by atoms with Gasteiger partial charge in [-0.05, 0) is 32.1 Å². The topological polar surface area (TPSA) is 307 Å². The number of amides is 1. The molecule has 19 heteroatoms. The third-order valence-corrected chi connectivity index (χ3v) is 13.0. The molecule has 0 saturated carbocycles. The molecule has 398 valence electrons. The van der Waals surface area contributed by atoms with Crippen LogP contribution in [-0.2, 0) is 33.2 Å². The number of allylic oxidation sites excluding steroid dienone is 3. The summed E-state index contributed by atoms with van der Waals surface area (Å²) in [5.41, 5.74) is 0. The Balaban J connectivity index is 1.59. The SMILES string of the molecule is CCCCCCCCC/C=C/CC/C=C/C(O)C(COC1OC(CO)C(OC2OC(CO)C(OC3OC(CO)C(O)C(O)C3O)C(O)C2O)C(O)C1O)NC(=O)CCCCCCCCCCCC. The van der Waals surface area contributed by atoms with E-state index in [0.717, 1.165) is 38.5 Å². The Hall–Kier alpha value is -1.73. The Labute approximate surface area is 403 Å². The summed E-state index contributed by atoms with van der Waals surface area (Å²) in [6.45, 7) is 1.63. The fourth-order valence-corrected chi connectivity index (χ4v) is 8.67. The molecule has 3 fully saturated rings. The fraction of sp³-hybridized carbons (Fsp3) is 0.898. The summed E-state index contributed by atoms with van der Waals surface area (Å²) in [7, 11) is 0. The van der Waals surface area contributed by atoms with Gasteiger partial charge in [0.05, 0.1) is 38.6 Å². The van der Waals surface area contributed by atoms with Crippen molar-refractivity contribution in [2.24, 2.45) is 0 Å². The normalized spacial score (nSPS) is 33.3. The zero-order valence-corrected chi connectivity index (χ0v) is 40.6. The van der Waals surface area contributed by atoms with Crippen molar-refractivity contribution in [1.82, 2.24) is 5.32 Å². The standard InChI is InChI=1S/C49H89NO18/c1-3-5-7-9-11-13-15-16-17-18-20-22-24-26-33(54)32(50-37(55)27-25-23-21-19-14-12-10-8-6-4-2)31-63-47-43(61)40(58)45(35(29-52)65-47)68-49-44(62)41(59)46(36(30-53)66-49)67-48-42(60)39(57)38(56)34(28-51)64-48/h17-18,24,26,32-36,38-49,51-54,56-62H,3-16,19-23,25,27-31H2,1-2H3,(H,50,55)/b18-17+,26-24+. The number of unbranched alkanes of at least 4 members (excludes halogenated alkanes) is 17. The number of carbonyl (C=O) groups is 1. The van der Waals surface area contributed by atoms with Gasteiger partial charge in [0, 0.05) is 6.42 Å². The van der Waals surface area contributed by atoms with Crippen LogP contribution in [0.4, 0.5) is 0 Å². The lowest BCUT2D eigenvalue weighted by Gasteiger charge is -2.48. The second kappa shape index (κ2) is 34.6. The highest BCUT2D eigenvalue weighted by Gasteiger charge is 2.53. The molecule has 0 bridgehead atoms. The molecular weight excluding hydrogens is 891 g/mol. The first-order valence-corrected chi connectivity index (χ1v) is 25.6. The summed E-state index contributed by atoms with van der Waals surface area (Å²) in [6.07, 6.45) is 3.39. The molecule has 0 aromatic carbocycles. The average molecular weight is 980 g/mol. The molecule has 0 radical (unpaired) electrons. The highest BCUT2D eigenvalue weighted by atomic mass is 16.8. The summed E-state index contributed by atoms with van der Waals surface area (Å²) in [6, 6.07) is -0.981. The van der Waals surface area contributed by atoms with Crippen LogP contribution >= 0.6 is 0 Å². The largest absolute Gasteiger partial charge is 0.394 e. The van der Waals surface area contributed by atoms with E-state index in [9.17, 15) is 61.0 Å². The second-order valence-electron chi connectivity index (χ2n) is 18.6. The molecule has 3 rings (SSSR count). The van der Waals surface area contributed by atoms with Crippen molar-refractivity contribution in [3.63, 3.8) is 0 Å². The van der Waals surface area contributed by atoms with Crippen LogP contribution in [0.1, 0.15) is 149 Å². The monoisotopic (exact) mass is 980 g/mol. The first kappa shape index (κ1) is 60.6. The number of aliphatic hydroxyl groups is 11. The van der Waals surface area contributed by atoms with Gasteiger partial charge >= 0.3 is 0 Å². The van der Waals surface area contributed by atoms with Gasteiger partial charge in [-0.3, -0.25) is 4.79 Å². The van der Waals surface area contributed by atoms with Crippen molar-refractivity contribution in [3.8, 4) is 0 Å². The van der Waals surface area contributed by atoms with Crippen LogP contribution in [-0.4, -0.2) is 193 Å². The van der Waals surface area contributed by atoms with E-state index in [2.05, 4.69) is 31.3 Å². The Morgan fingerprint density at radius 2 is 0.941 bits per heavy atom. The lowest BCUT2D eigenvalue weighted by atomic mass is 9.96. The van der Waals surface area contributed by atoms with Gasteiger partial charge in [0.25, 0.3) is 0 Å². The van der Waals surface area contributed by atoms with Crippen LogP contribution in [0, 0.1) is 0 Å². The van der Waals surface area contributed by atoms with Gasteiger partial charge in [0.15, 0.2) is 18.9 Å². The summed E-state index contributed by atoms with van der Waals surface area (Å²) in [5.74, 6) is -0.291. The smallest absolute Gasteiger partial charge is 0.220 e. The molecule has 68 heavy (non-hydrogen) atoms. The quantitative estimate of drug-likeness (QED) is 0.0317. The molecule has 3 heterocycles. The lowest BCUT2D eigenvalue weighted by Crippen LogP contribution is -2.66. The van der Waals surface area contributed by atoms with Crippen LogP contribution in [0.15, 0.2) is 24.3 Å². The molecular formula is C49H89NO18. The maximum Gasteiger partial charge on any atom is 0.220 e. The minimum Gasteiger partial charge on any atom is -0.394 e. The first-order valence-electron chi connectivity index (χ1n) is 25.6. The van der Waals surface area contributed by atoms with Crippen molar-refractivity contribution >= 4 is 5.91 Å². The molecule has 0 aromatic rings. The predicted molar refractivity (Wildman–Crippen MR) is 250 cm³/mol. The van der Waals surface area contributed by atoms with Crippen molar-refractivity contribution in [3.05, 3.63) is 24.3 Å². The van der Waals surface area contributed by atoms with E-state index in [4.69, 9.17) is 28.4 Å². The van der Waals surface area contributed by atoms with E-state index in [-0.39, 0.29) is 18.9 Å². The summed E-state index contributed by atoms with van der Waals surface area (Å²) in [5, 5.41) is 119. The number of aliphatic hydroxyl groups excluding tert-OH is 11. The van der Waals surface area contributed by atoms with Crippen molar-refractivity contribution in [2.75, 3.05) is 26.4 Å². The molecule has 17 atom stereocenters. The predicted octanol–water partition coefficient (Wildman–Crippen LogP) is 1.64. The van der Waals surface area contributed by atoms with Crippen LogP contribution in [0.5, 0.6) is 0 Å². The highest BCUT2D eigenvalue weighted by molar-refractivity contribution is 5.76. The highest BCUT2D eigenvalue weighted by Crippen LogP contribution is 2.33. The molecule has 3 aliphatic rings.